The van der Waals surface area contributed by atoms with Crippen molar-refractivity contribution in [2.24, 2.45) is 0 Å². The molecule has 0 aliphatic carbocycles. The molecule has 2 aromatic carbocycles. The number of phenolic OH excluding ortho intramolecular Hbond substituents is 1. The molecule has 3 aromatic rings. The van der Waals surface area contributed by atoms with Crippen LogP contribution in [0.4, 0.5) is 19.6 Å². The molecule has 8 heteroatoms. The average Bonchev–Trinajstić information content (AvgIpc) is 3.10. The Morgan fingerprint density at radius 3 is 2.50 bits per heavy atom. The highest BCUT2D eigenvalue weighted by Crippen LogP contribution is 2.31. The van der Waals surface area contributed by atoms with Crippen LogP contribution in [0.3, 0.4) is 0 Å². The molecule has 0 bridgehead atoms. The van der Waals surface area contributed by atoms with E-state index in [1.165, 1.54) is 43.3 Å². The molecule has 3 rings (SSSR count). The molecule has 0 aliphatic heterocycles. The smallest absolute Gasteiger partial charge is 0.230 e. The lowest BCUT2D eigenvalue weighted by Gasteiger charge is -2.18. The first-order valence-corrected chi connectivity index (χ1v) is 8.96. The predicted molar refractivity (Wildman–Crippen MR) is 103 cm³/mol. The summed E-state index contributed by atoms with van der Waals surface area (Å²) < 4.78 is 27.2. The van der Waals surface area contributed by atoms with Crippen molar-refractivity contribution in [2.45, 2.75) is 6.92 Å². The van der Waals surface area contributed by atoms with Crippen molar-refractivity contribution in [2.75, 3.05) is 4.90 Å². The Kier molecular flexibility index (Phi) is 5.60. The minimum absolute atomic E-state index is 0.0574. The number of aromatic nitrogens is 1. The van der Waals surface area contributed by atoms with Gasteiger partial charge in [0.05, 0.1) is 11.4 Å². The second-order valence-electron chi connectivity index (χ2n) is 5.75. The first-order valence-electron chi connectivity index (χ1n) is 8.08. The van der Waals surface area contributed by atoms with E-state index in [1.54, 1.807) is 5.38 Å². The third-order valence-electron chi connectivity index (χ3n) is 3.72. The van der Waals surface area contributed by atoms with Crippen LogP contribution in [0.2, 0.25) is 0 Å². The molecule has 0 aliphatic rings. The number of nitrogens with zero attached hydrogens (tertiary/aromatic N) is 2. The molecule has 0 radical (unpaired) electrons. The second kappa shape index (κ2) is 8.10. The lowest BCUT2D eigenvalue weighted by molar-refractivity contribution is -0.115. The quantitative estimate of drug-likeness (QED) is 0.498. The summed E-state index contributed by atoms with van der Waals surface area (Å²) in [5.41, 5.74) is 0.683. The molecule has 1 aromatic heterocycles. The molecule has 0 spiro atoms. The number of benzene rings is 2. The van der Waals surface area contributed by atoms with E-state index < -0.39 is 17.5 Å². The van der Waals surface area contributed by atoms with Crippen molar-refractivity contribution in [1.29, 1.82) is 0 Å². The van der Waals surface area contributed by atoms with E-state index in [-0.39, 0.29) is 22.4 Å². The number of phenols is 1. The number of carbonyl (C=O) groups is 2. The van der Waals surface area contributed by atoms with Gasteiger partial charge < -0.3 is 5.11 Å². The Labute approximate surface area is 163 Å². The fourth-order valence-corrected chi connectivity index (χ4v) is 3.26. The van der Waals surface area contributed by atoms with Gasteiger partial charge in [-0.25, -0.2) is 13.8 Å². The van der Waals surface area contributed by atoms with Crippen molar-refractivity contribution >= 4 is 39.9 Å². The Balaban J connectivity index is 1.84. The molecular weight excluding hydrogens is 386 g/mol. The fraction of sp³-hybridized carbons (Fsp3) is 0.0500. The Bertz CT molecular complexity index is 1060. The van der Waals surface area contributed by atoms with Crippen molar-refractivity contribution in [3.63, 3.8) is 0 Å². The van der Waals surface area contributed by atoms with Crippen molar-refractivity contribution in [1.82, 2.24) is 4.98 Å². The van der Waals surface area contributed by atoms with Crippen LogP contribution >= 0.6 is 11.3 Å². The van der Waals surface area contributed by atoms with Crippen LogP contribution < -0.4 is 4.90 Å². The zero-order valence-corrected chi connectivity index (χ0v) is 15.4. The van der Waals surface area contributed by atoms with E-state index in [0.29, 0.717) is 17.3 Å². The van der Waals surface area contributed by atoms with Crippen LogP contribution in [0.5, 0.6) is 5.75 Å². The van der Waals surface area contributed by atoms with E-state index in [9.17, 15) is 23.5 Å². The lowest BCUT2D eigenvalue weighted by Crippen LogP contribution is -2.23. The molecule has 1 heterocycles. The number of halogens is 2. The summed E-state index contributed by atoms with van der Waals surface area (Å²) >= 11 is 1.08. The van der Waals surface area contributed by atoms with Crippen molar-refractivity contribution in [3.8, 4) is 5.75 Å². The molecule has 142 valence electrons. The number of hydrogen-bond donors (Lipinski definition) is 1. The molecule has 0 fully saturated rings. The number of thiazole rings is 1. The average molecular weight is 400 g/mol. The number of amides is 1. The Morgan fingerprint density at radius 2 is 1.86 bits per heavy atom. The van der Waals surface area contributed by atoms with Crippen molar-refractivity contribution in [3.05, 3.63) is 76.8 Å². The van der Waals surface area contributed by atoms with Crippen LogP contribution in [0.1, 0.15) is 23.0 Å². The maximum Gasteiger partial charge on any atom is 0.230 e. The largest absolute Gasteiger partial charge is 0.508 e. The third kappa shape index (κ3) is 4.29. The number of anilines is 2. The van der Waals surface area contributed by atoms with Crippen LogP contribution in [0.25, 0.3) is 6.08 Å². The van der Waals surface area contributed by atoms with Gasteiger partial charge >= 0.3 is 0 Å². The monoisotopic (exact) mass is 400 g/mol. The lowest BCUT2D eigenvalue weighted by atomic mass is 10.1. The number of hydrogen-bond acceptors (Lipinski definition) is 5. The topological polar surface area (TPSA) is 70.5 Å². The fourth-order valence-electron chi connectivity index (χ4n) is 2.41. The van der Waals surface area contributed by atoms with Crippen LogP contribution in [-0.4, -0.2) is 21.8 Å². The summed E-state index contributed by atoms with van der Waals surface area (Å²) in [7, 11) is 0. The molecular formula is C20H14F2N2O3S. The number of rotatable bonds is 5. The van der Waals surface area contributed by atoms with Crippen molar-refractivity contribution < 1.29 is 23.5 Å². The molecule has 0 unspecified atom stereocenters. The first-order chi connectivity index (χ1) is 13.3. The molecule has 0 atom stereocenters. The summed E-state index contributed by atoms with van der Waals surface area (Å²) in [5, 5.41) is 11.1. The van der Waals surface area contributed by atoms with Gasteiger partial charge in [0.2, 0.25) is 5.91 Å². The molecule has 1 N–H and O–H groups in total. The second-order valence-corrected chi connectivity index (χ2v) is 6.59. The van der Waals surface area contributed by atoms with E-state index in [2.05, 4.69) is 4.98 Å². The summed E-state index contributed by atoms with van der Waals surface area (Å²) in [6, 6.07) is 8.70. The standard InChI is InChI=1S/C20H14F2N2O3S/c1-12(25)24(18-8-4-14(21)10-17(18)22)20-23-15(11-28-20)5-9-19(27)13-2-6-16(26)7-3-13/h2-11,26H,1H3/b9-5+. The van der Waals surface area contributed by atoms with Crippen LogP contribution in [0, 0.1) is 11.6 Å². The molecule has 5 nitrogen and oxygen atoms in total. The molecule has 0 saturated carbocycles. The van der Waals surface area contributed by atoms with Crippen LogP contribution in [0.15, 0.2) is 53.9 Å². The van der Waals surface area contributed by atoms with Gasteiger partial charge in [0.15, 0.2) is 10.9 Å². The van der Waals surface area contributed by atoms with Gasteiger partial charge in [0.1, 0.15) is 17.4 Å². The maximum absolute atomic E-state index is 14.1. The highest BCUT2D eigenvalue weighted by Gasteiger charge is 2.21. The van der Waals surface area contributed by atoms with E-state index in [0.717, 1.165) is 28.4 Å². The summed E-state index contributed by atoms with van der Waals surface area (Å²) in [4.78, 5) is 29.4. The predicted octanol–water partition coefficient (Wildman–Crippen LogP) is 4.71. The zero-order chi connectivity index (χ0) is 20.3. The molecule has 28 heavy (non-hydrogen) atoms. The van der Waals surface area contributed by atoms with E-state index >= 15 is 0 Å². The Hall–Kier alpha value is -3.39. The summed E-state index contributed by atoms with van der Waals surface area (Å²) in [6.45, 7) is 1.24. The van der Waals surface area contributed by atoms with Gasteiger partial charge in [0.25, 0.3) is 0 Å². The minimum atomic E-state index is -0.884. The summed E-state index contributed by atoms with van der Waals surface area (Å²) in [6.07, 6.45) is 2.77. The number of ketones is 1. The number of aromatic hydroxyl groups is 1. The van der Waals surface area contributed by atoms with Gasteiger partial charge in [-0.05, 0) is 48.6 Å². The van der Waals surface area contributed by atoms with E-state index in [1.807, 2.05) is 0 Å². The van der Waals surface area contributed by atoms with Gasteiger partial charge in [-0.15, -0.1) is 11.3 Å². The molecule has 0 saturated heterocycles. The van der Waals surface area contributed by atoms with Gasteiger partial charge in [-0.1, -0.05) is 0 Å². The van der Waals surface area contributed by atoms with Gasteiger partial charge in [0, 0.05) is 23.9 Å². The minimum Gasteiger partial charge on any atom is -0.508 e. The highest BCUT2D eigenvalue weighted by molar-refractivity contribution is 7.14. The summed E-state index contributed by atoms with van der Waals surface area (Å²) in [5.74, 6) is -2.36. The van der Waals surface area contributed by atoms with Gasteiger partial charge in [-0.2, -0.15) is 0 Å². The number of allylic oxidation sites excluding steroid dienone is 1. The molecule has 1 amide bonds. The Morgan fingerprint density at radius 1 is 1.14 bits per heavy atom. The number of carbonyl (C=O) groups excluding carboxylic acids is 2. The van der Waals surface area contributed by atoms with E-state index in [4.69, 9.17) is 0 Å². The van der Waals surface area contributed by atoms with Gasteiger partial charge in [-0.3, -0.25) is 14.5 Å². The first kappa shape index (κ1) is 19.4. The highest BCUT2D eigenvalue weighted by atomic mass is 32.1. The van der Waals surface area contributed by atoms with Crippen LogP contribution in [-0.2, 0) is 4.79 Å². The maximum atomic E-state index is 14.1. The normalized spacial score (nSPS) is 11.0. The zero-order valence-electron chi connectivity index (χ0n) is 14.6. The third-order valence-corrected chi connectivity index (χ3v) is 4.57. The SMILES string of the molecule is CC(=O)N(c1nc(/C=C/C(=O)c2ccc(O)cc2)cs1)c1ccc(F)cc1F.